The van der Waals surface area contributed by atoms with Gasteiger partial charge in [-0.05, 0) is 38.7 Å². The van der Waals surface area contributed by atoms with Gasteiger partial charge in [0.25, 0.3) is 11.6 Å². The number of carbonyl (C=O) groups excluding carboxylic acids is 6. The zero-order chi connectivity index (χ0) is 31.5. The van der Waals surface area contributed by atoms with Gasteiger partial charge in [0.1, 0.15) is 17.6 Å². The molecule has 0 aromatic heterocycles. The first kappa shape index (κ1) is 32.3. The third kappa shape index (κ3) is 6.46. The highest BCUT2D eigenvalue weighted by Gasteiger charge is 2.42. The number of rotatable bonds is 10. The van der Waals surface area contributed by atoms with Crippen LogP contribution in [0.1, 0.15) is 74.1 Å². The second kappa shape index (κ2) is 13.2. The number of nitro groups is 1. The Balaban J connectivity index is 1.97. The van der Waals surface area contributed by atoms with Crippen molar-refractivity contribution in [3.05, 3.63) is 33.4 Å². The summed E-state index contributed by atoms with van der Waals surface area (Å²) in [5.41, 5.74) is 3.92. The van der Waals surface area contributed by atoms with Crippen LogP contribution in [0.15, 0.2) is 12.1 Å². The zero-order valence-corrected chi connectivity index (χ0v) is 24.2. The summed E-state index contributed by atoms with van der Waals surface area (Å²) < 4.78 is 0. The number of fused-ring (bicyclic) bond motifs is 1. The molecule has 0 radical (unpaired) electrons. The van der Waals surface area contributed by atoms with Crippen LogP contribution in [0.4, 0.5) is 11.4 Å². The van der Waals surface area contributed by atoms with Crippen LogP contribution in [-0.2, 0) is 24.0 Å². The van der Waals surface area contributed by atoms with Crippen molar-refractivity contribution in [2.24, 2.45) is 11.7 Å². The van der Waals surface area contributed by atoms with Crippen LogP contribution >= 0.6 is 0 Å². The van der Waals surface area contributed by atoms with Gasteiger partial charge in [0.05, 0.1) is 35.4 Å². The molecule has 1 aromatic rings. The van der Waals surface area contributed by atoms with E-state index in [1.54, 1.807) is 13.8 Å². The molecule has 0 unspecified atom stereocenters. The van der Waals surface area contributed by atoms with Gasteiger partial charge in [-0.2, -0.15) is 5.06 Å². The average molecular weight is 589 g/mol. The number of hydrogen-bond donors (Lipinski definition) is 3. The van der Waals surface area contributed by atoms with E-state index in [-0.39, 0.29) is 37.1 Å². The van der Waals surface area contributed by atoms with Crippen molar-refractivity contribution in [2.45, 2.75) is 77.5 Å². The first-order valence-electron chi connectivity index (χ1n) is 13.6. The number of anilines is 1. The quantitative estimate of drug-likeness (QED) is 0.197. The molecule has 2 aliphatic rings. The van der Waals surface area contributed by atoms with E-state index in [1.807, 2.05) is 0 Å². The number of nitrogens with one attached hydrogen (secondary N) is 2. The van der Waals surface area contributed by atoms with Gasteiger partial charge in [-0.1, -0.05) is 13.8 Å². The number of hydrogen-bond acceptors (Lipinski definition) is 10. The molecule has 15 heteroatoms. The van der Waals surface area contributed by atoms with Crippen molar-refractivity contribution in [2.75, 3.05) is 18.7 Å². The molecule has 0 spiro atoms. The molecule has 1 fully saturated rings. The lowest BCUT2D eigenvalue weighted by Crippen LogP contribution is -2.56. The summed E-state index contributed by atoms with van der Waals surface area (Å²) in [5.74, 6) is -4.41. The Hall–Kier alpha value is -4.24. The molecule has 228 valence electrons. The standard InChI is InChI=1S/C27H36N6O9/c1-13(2)23(30-26(38)18-7-6-12-31(18)27(39)15(4)29-25(37)14(3)28)24(36)22-17(33(40)41)9-8-16-21(22)19(34)10-11-20(35)32(16)42-5/h8-9,13-15,18,23H,6-7,10-12,28H2,1-5H3,(H,29,37)(H,30,38)/t14-,15-,18-,23-/m0/s1. The maximum atomic E-state index is 14.0. The summed E-state index contributed by atoms with van der Waals surface area (Å²) in [5, 5.41) is 18.0. The van der Waals surface area contributed by atoms with Gasteiger partial charge >= 0.3 is 0 Å². The lowest BCUT2D eigenvalue weighted by Gasteiger charge is -2.30. The fourth-order valence-electron chi connectivity index (χ4n) is 5.11. The number of ketones is 2. The highest BCUT2D eigenvalue weighted by molar-refractivity contribution is 6.19. The predicted molar refractivity (Wildman–Crippen MR) is 148 cm³/mol. The van der Waals surface area contributed by atoms with Crippen LogP contribution in [0.25, 0.3) is 0 Å². The highest BCUT2D eigenvalue weighted by atomic mass is 16.7. The Kier molecular flexibility index (Phi) is 10.1. The van der Waals surface area contributed by atoms with Gasteiger partial charge in [0.15, 0.2) is 11.6 Å². The largest absolute Gasteiger partial charge is 0.344 e. The minimum Gasteiger partial charge on any atom is -0.344 e. The van der Waals surface area contributed by atoms with Crippen molar-refractivity contribution in [1.29, 1.82) is 0 Å². The van der Waals surface area contributed by atoms with Gasteiger partial charge < -0.3 is 21.3 Å². The van der Waals surface area contributed by atoms with Gasteiger partial charge in [-0.25, -0.2) is 0 Å². The second-order valence-electron chi connectivity index (χ2n) is 10.7. The molecular formula is C27H36N6O9. The second-order valence-corrected chi connectivity index (χ2v) is 10.7. The molecule has 1 aromatic carbocycles. The molecule has 0 aliphatic carbocycles. The zero-order valence-electron chi connectivity index (χ0n) is 24.2. The number of benzene rings is 1. The van der Waals surface area contributed by atoms with Crippen molar-refractivity contribution < 1.29 is 38.5 Å². The smallest absolute Gasteiger partial charge is 0.281 e. The van der Waals surface area contributed by atoms with Crippen molar-refractivity contribution in [1.82, 2.24) is 15.5 Å². The van der Waals surface area contributed by atoms with E-state index in [2.05, 4.69) is 10.6 Å². The molecule has 0 saturated carbocycles. The van der Waals surface area contributed by atoms with Crippen LogP contribution in [0.2, 0.25) is 0 Å². The Morgan fingerprint density at radius 2 is 1.76 bits per heavy atom. The summed E-state index contributed by atoms with van der Waals surface area (Å²) in [6, 6.07) is -1.90. The van der Waals surface area contributed by atoms with E-state index in [1.165, 1.54) is 31.9 Å². The van der Waals surface area contributed by atoms with E-state index in [0.29, 0.717) is 6.42 Å². The normalized spacial score (nSPS) is 19.1. The first-order chi connectivity index (χ1) is 19.7. The number of amides is 4. The minimum absolute atomic E-state index is 0.108. The molecule has 2 heterocycles. The molecule has 2 aliphatic heterocycles. The molecule has 4 N–H and O–H groups in total. The number of Topliss-reactive ketones (excluding diaryl/α,β-unsaturated/α-hetero) is 2. The Morgan fingerprint density at radius 3 is 2.33 bits per heavy atom. The summed E-state index contributed by atoms with van der Waals surface area (Å²) in [6.45, 7) is 6.42. The maximum Gasteiger partial charge on any atom is 0.281 e. The summed E-state index contributed by atoms with van der Waals surface area (Å²) in [4.78, 5) is 95.9. The number of nitrogens with two attached hydrogens (primary N) is 1. The van der Waals surface area contributed by atoms with Crippen molar-refractivity contribution in [3.63, 3.8) is 0 Å². The summed E-state index contributed by atoms with van der Waals surface area (Å²) >= 11 is 0. The van der Waals surface area contributed by atoms with Gasteiger partial charge in [-0.3, -0.25) is 43.7 Å². The maximum absolute atomic E-state index is 14.0. The van der Waals surface area contributed by atoms with Crippen LogP contribution in [-0.4, -0.2) is 82.8 Å². The number of nitrogens with zero attached hydrogens (tertiary/aromatic N) is 3. The third-order valence-electron chi connectivity index (χ3n) is 7.31. The fourth-order valence-corrected chi connectivity index (χ4v) is 5.11. The molecule has 15 nitrogen and oxygen atoms in total. The molecule has 1 saturated heterocycles. The first-order valence-corrected chi connectivity index (χ1v) is 13.6. The van der Waals surface area contributed by atoms with E-state index in [9.17, 15) is 38.9 Å². The molecule has 3 rings (SSSR count). The molecule has 4 amide bonds. The van der Waals surface area contributed by atoms with Crippen LogP contribution in [0, 0.1) is 16.0 Å². The van der Waals surface area contributed by atoms with Gasteiger partial charge in [0.2, 0.25) is 17.7 Å². The van der Waals surface area contributed by atoms with E-state index < -0.39 is 81.5 Å². The molecule has 0 bridgehead atoms. The Labute approximate surface area is 242 Å². The monoisotopic (exact) mass is 588 g/mol. The SMILES string of the molecule is CON1C(=O)CCC(=O)c2c1ccc([N+](=O)[O-])c2C(=O)[C@@H](NC(=O)[C@@H]1CCCN1C(=O)[C@H](C)NC(=O)[C@H](C)N)C(C)C. The minimum atomic E-state index is -1.32. The van der Waals surface area contributed by atoms with Gasteiger partial charge in [-0.15, -0.1) is 0 Å². The van der Waals surface area contributed by atoms with Crippen LogP contribution < -0.4 is 21.4 Å². The lowest BCUT2D eigenvalue weighted by atomic mass is 9.88. The number of nitro benzene ring substituents is 1. The summed E-state index contributed by atoms with van der Waals surface area (Å²) in [6.07, 6.45) is 0.240. The Bertz CT molecular complexity index is 1310. The predicted octanol–water partition coefficient (Wildman–Crippen LogP) is 0.632. The molecule has 42 heavy (non-hydrogen) atoms. The molecule has 4 atom stereocenters. The fraction of sp³-hybridized carbons (Fsp3) is 0.556. The van der Waals surface area contributed by atoms with E-state index in [4.69, 9.17) is 10.6 Å². The summed E-state index contributed by atoms with van der Waals surface area (Å²) in [7, 11) is 1.19. The Morgan fingerprint density at radius 1 is 1.10 bits per heavy atom. The average Bonchev–Trinajstić information content (AvgIpc) is 3.39. The topological polar surface area (TPSA) is 211 Å². The van der Waals surface area contributed by atoms with E-state index >= 15 is 0 Å². The molecular weight excluding hydrogens is 552 g/mol. The lowest BCUT2D eigenvalue weighted by molar-refractivity contribution is -0.385. The van der Waals surface area contributed by atoms with Crippen molar-refractivity contribution >= 4 is 46.6 Å². The highest BCUT2D eigenvalue weighted by Crippen LogP contribution is 2.36. The van der Waals surface area contributed by atoms with Crippen LogP contribution in [0.5, 0.6) is 0 Å². The van der Waals surface area contributed by atoms with Crippen molar-refractivity contribution in [3.8, 4) is 0 Å². The van der Waals surface area contributed by atoms with E-state index in [0.717, 1.165) is 11.1 Å². The number of carbonyl (C=O) groups is 6. The number of likely N-dealkylation sites (tertiary alicyclic amines) is 1. The van der Waals surface area contributed by atoms with Gasteiger partial charge in [0, 0.05) is 25.5 Å². The third-order valence-corrected chi connectivity index (χ3v) is 7.31. The number of hydroxylamine groups is 1. The van der Waals surface area contributed by atoms with Crippen LogP contribution in [0.3, 0.4) is 0 Å².